The predicted molar refractivity (Wildman–Crippen MR) is 175 cm³/mol. The zero-order valence-corrected chi connectivity index (χ0v) is 25.4. The number of thiazole rings is 1. The molecule has 0 unspecified atom stereocenters. The van der Waals surface area contributed by atoms with Gasteiger partial charge in [-0.1, -0.05) is 73.9 Å². The van der Waals surface area contributed by atoms with Crippen LogP contribution < -0.4 is 14.8 Å². The Labute approximate surface area is 257 Å². The van der Waals surface area contributed by atoms with Crippen LogP contribution in [-0.2, 0) is 0 Å². The van der Waals surface area contributed by atoms with Gasteiger partial charge in [0.15, 0.2) is 5.76 Å². The second-order valence-electron chi connectivity index (χ2n) is 10.7. The van der Waals surface area contributed by atoms with E-state index in [9.17, 15) is 4.79 Å². The van der Waals surface area contributed by atoms with Gasteiger partial charge in [-0.3, -0.25) is 4.79 Å². The Bertz CT molecular complexity index is 2180. The molecule has 0 N–H and O–H groups in total. The van der Waals surface area contributed by atoms with E-state index in [2.05, 4.69) is 17.0 Å². The normalized spacial score (nSPS) is 12.1. The molecule has 0 saturated carbocycles. The lowest BCUT2D eigenvalue weighted by Crippen LogP contribution is -2.23. The molecule has 9 heteroatoms. The van der Waals surface area contributed by atoms with Gasteiger partial charge < -0.3 is 9.15 Å². The molecule has 0 aliphatic carbocycles. The first kappa shape index (κ1) is 27.8. The van der Waals surface area contributed by atoms with E-state index in [-0.39, 0.29) is 5.56 Å². The van der Waals surface area contributed by atoms with Crippen molar-refractivity contribution in [2.75, 3.05) is 6.61 Å². The fourth-order valence-electron chi connectivity index (χ4n) is 5.32. The highest BCUT2D eigenvalue weighted by atomic mass is 32.1. The van der Waals surface area contributed by atoms with E-state index in [1.165, 1.54) is 35.1 Å². The average molecular weight is 602 g/mol. The molecule has 8 nitrogen and oxygen atoms in total. The quantitative estimate of drug-likeness (QED) is 0.154. The standard InChI is InChI=1S/C35H31N5O3S/c1-3-4-5-11-20-42-27-18-16-24(17-19-27)31-25(22-39(37-31)26-12-7-6-8-13-26)21-30-34(41)40-35(44-30)36-33(38-40)32-23(2)28-14-9-10-15-29(28)43-32/h6-10,12-19,21-22H,3-5,11,20H2,1-2H3. The van der Waals surface area contributed by atoms with Gasteiger partial charge in [0.05, 0.1) is 16.8 Å². The van der Waals surface area contributed by atoms with Gasteiger partial charge in [-0.05, 0) is 61.9 Å². The number of nitrogens with zero attached hydrogens (tertiary/aromatic N) is 5. The van der Waals surface area contributed by atoms with Gasteiger partial charge >= 0.3 is 0 Å². The Hall–Kier alpha value is -5.02. The summed E-state index contributed by atoms with van der Waals surface area (Å²) in [6.45, 7) is 4.89. The summed E-state index contributed by atoms with van der Waals surface area (Å²) in [5.41, 5.74) is 4.92. The van der Waals surface area contributed by atoms with Crippen LogP contribution in [0.1, 0.15) is 43.7 Å². The molecule has 44 heavy (non-hydrogen) atoms. The fraction of sp³-hybridized carbons (Fsp3) is 0.200. The summed E-state index contributed by atoms with van der Waals surface area (Å²) >= 11 is 1.30. The highest BCUT2D eigenvalue weighted by Crippen LogP contribution is 2.31. The van der Waals surface area contributed by atoms with Gasteiger partial charge in [0.2, 0.25) is 10.8 Å². The number of benzene rings is 3. The first-order valence-electron chi connectivity index (χ1n) is 14.9. The minimum absolute atomic E-state index is 0.234. The molecule has 0 amide bonds. The third-order valence-corrected chi connectivity index (χ3v) is 8.63. The van der Waals surface area contributed by atoms with Crippen LogP contribution in [0.5, 0.6) is 5.75 Å². The summed E-state index contributed by atoms with van der Waals surface area (Å²) in [4.78, 5) is 18.7. The zero-order valence-electron chi connectivity index (χ0n) is 24.6. The molecule has 3 aromatic carbocycles. The van der Waals surface area contributed by atoms with Crippen molar-refractivity contribution in [2.45, 2.75) is 39.5 Å². The Balaban J connectivity index is 1.24. The molecule has 7 aromatic rings. The largest absolute Gasteiger partial charge is 0.494 e. The lowest BCUT2D eigenvalue weighted by atomic mass is 10.1. The summed E-state index contributed by atoms with van der Waals surface area (Å²) in [6, 6.07) is 25.7. The molecule has 0 spiro atoms. The topological polar surface area (TPSA) is 87.4 Å². The maximum absolute atomic E-state index is 13.5. The number of ether oxygens (including phenoxy) is 1. The molecule has 0 atom stereocenters. The molecule has 0 bridgehead atoms. The number of aromatic nitrogens is 5. The van der Waals surface area contributed by atoms with Crippen LogP contribution in [0.25, 0.3) is 50.5 Å². The van der Waals surface area contributed by atoms with Gasteiger partial charge in [0, 0.05) is 28.3 Å². The number of fused-ring (bicyclic) bond motifs is 2. The maximum atomic E-state index is 13.5. The average Bonchev–Trinajstić information content (AvgIpc) is 3.82. The van der Waals surface area contributed by atoms with Crippen molar-refractivity contribution >= 4 is 33.3 Å². The summed E-state index contributed by atoms with van der Waals surface area (Å²) in [6.07, 6.45) is 8.47. The summed E-state index contributed by atoms with van der Waals surface area (Å²) in [5.74, 6) is 1.81. The number of unbranched alkanes of at least 4 members (excludes halogenated alkanes) is 3. The SMILES string of the molecule is CCCCCCOc1ccc(-c2nn(-c3ccccc3)cc2C=c2sc3nc(-c4oc5ccccc5c4C)nn3c2=O)cc1. The fourth-order valence-corrected chi connectivity index (χ4v) is 6.22. The molecule has 0 fully saturated rings. The van der Waals surface area contributed by atoms with Crippen molar-refractivity contribution in [1.82, 2.24) is 24.4 Å². The van der Waals surface area contributed by atoms with Crippen molar-refractivity contribution < 1.29 is 9.15 Å². The molecule has 220 valence electrons. The number of para-hydroxylation sites is 2. The van der Waals surface area contributed by atoms with E-state index in [0.29, 0.717) is 27.7 Å². The lowest BCUT2D eigenvalue weighted by molar-refractivity contribution is 0.305. The molecule has 7 rings (SSSR count). The van der Waals surface area contributed by atoms with Crippen molar-refractivity contribution in [1.29, 1.82) is 0 Å². The molecule has 0 aliphatic heterocycles. The van der Waals surface area contributed by atoms with Crippen molar-refractivity contribution in [3.63, 3.8) is 0 Å². The number of hydrogen-bond donors (Lipinski definition) is 0. The highest BCUT2D eigenvalue weighted by Gasteiger charge is 2.19. The van der Waals surface area contributed by atoms with Crippen LogP contribution in [0.2, 0.25) is 0 Å². The van der Waals surface area contributed by atoms with Crippen molar-refractivity contribution in [2.24, 2.45) is 0 Å². The second-order valence-corrected chi connectivity index (χ2v) is 11.8. The minimum atomic E-state index is -0.234. The van der Waals surface area contributed by atoms with E-state index in [0.717, 1.165) is 51.2 Å². The van der Waals surface area contributed by atoms with E-state index < -0.39 is 0 Å². The minimum Gasteiger partial charge on any atom is -0.494 e. The molecule has 4 heterocycles. The van der Waals surface area contributed by atoms with Gasteiger partial charge in [-0.2, -0.15) is 14.6 Å². The van der Waals surface area contributed by atoms with Gasteiger partial charge in [0.25, 0.3) is 5.56 Å². The van der Waals surface area contributed by atoms with Crippen LogP contribution in [0, 0.1) is 6.92 Å². The van der Waals surface area contributed by atoms with E-state index in [1.807, 2.05) is 103 Å². The van der Waals surface area contributed by atoms with Crippen LogP contribution in [0.4, 0.5) is 0 Å². The number of rotatable bonds is 10. The molecule has 0 radical (unpaired) electrons. The third-order valence-electron chi connectivity index (χ3n) is 7.67. The van der Waals surface area contributed by atoms with E-state index in [4.69, 9.17) is 14.3 Å². The first-order chi connectivity index (χ1) is 21.6. The predicted octanol–water partition coefficient (Wildman–Crippen LogP) is 7.23. The van der Waals surface area contributed by atoms with Gasteiger partial charge in [-0.15, -0.1) is 5.10 Å². The third kappa shape index (κ3) is 5.31. The van der Waals surface area contributed by atoms with E-state index in [1.54, 1.807) is 0 Å². The van der Waals surface area contributed by atoms with E-state index >= 15 is 0 Å². The van der Waals surface area contributed by atoms with Crippen LogP contribution in [0.3, 0.4) is 0 Å². The molecule has 0 aliphatic rings. The Morgan fingerprint density at radius 1 is 0.932 bits per heavy atom. The molecule has 0 saturated heterocycles. The van der Waals surface area contributed by atoms with Gasteiger partial charge in [0.1, 0.15) is 17.0 Å². The molecular formula is C35H31N5O3S. The Kier molecular flexibility index (Phi) is 7.54. The summed E-state index contributed by atoms with van der Waals surface area (Å²) in [7, 11) is 0. The summed E-state index contributed by atoms with van der Waals surface area (Å²) < 4.78 is 15.7. The summed E-state index contributed by atoms with van der Waals surface area (Å²) in [5, 5.41) is 10.5. The second kappa shape index (κ2) is 11.9. The number of furan rings is 1. The maximum Gasteiger partial charge on any atom is 0.291 e. The van der Waals surface area contributed by atoms with Crippen molar-refractivity contribution in [3.8, 4) is 34.3 Å². The first-order valence-corrected chi connectivity index (χ1v) is 15.7. The number of aryl methyl sites for hydroxylation is 1. The molecular weight excluding hydrogens is 570 g/mol. The van der Waals surface area contributed by atoms with Crippen LogP contribution in [0.15, 0.2) is 94.3 Å². The lowest BCUT2D eigenvalue weighted by Gasteiger charge is -2.07. The van der Waals surface area contributed by atoms with Gasteiger partial charge in [-0.25, -0.2) is 4.68 Å². The highest BCUT2D eigenvalue weighted by molar-refractivity contribution is 7.15. The zero-order chi connectivity index (χ0) is 30.0. The molecule has 4 aromatic heterocycles. The van der Waals surface area contributed by atoms with Crippen LogP contribution >= 0.6 is 11.3 Å². The monoisotopic (exact) mass is 601 g/mol. The Morgan fingerprint density at radius 3 is 2.50 bits per heavy atom. The number of hydrogen-bond acceptors (Lipinski definition) is 7. The van der Waals surface area contributed by atoms with Crippen molar-refractivity contribution in [3.05, 3.63) is 111 Å². The Morgan fingerprint density at radius 2 is 1.73 bits per heavy atom. The van der Waals surface area contributed by atoms with Crippen LogP contribution in [-0.4, -0.2) is 31.0 Å². The smallest absolute Gasteiger partial charge is 0.291 e.